The van der Waals surface area contributed by atoms with Crippen molar-refractivity contribution in [2.75, 3.05) is 59.9 Å². The van der Waals surface area contributed by atoms with Crippen molar-refractivity contribution in [1.82, 2.24) is 14.8 Å². The van der Waals surface area contributed by atoms with Crippen molar-refractivity contribution in [3.63, 3.8) is 0 Å². The van der Waals surface area contributed by atoms with E-state index in [1.807, 2.05) is 7.05 Å². The van der Waals surface area contributed by atoms with E-state index in [1.54, 1.807) is 42.3 Å². The van der Waals surface area contributed by atoms with Gasteiger partial charge < -0.3 is 29.3 Å². The molecule has 2 heterocycles. The van der Waals surface area contributed by atoms with Crippen LogP contribution in [-0.4, -0.2) is 83.7 Å². The number of aromatic nitrogens is 1. The molecule has 1 amide bonds. The van der Waals surface area contributed by atoms with Crippen LogP contribution >= 0.6 is 0 Å². The molecule has 1 aliphatic heterocycles. The minimum absolute atomic E-state index is 0.104. The second-order valence-corrected chi connectivity index (χ2v) is 10.1. The number of hydrogen-bond acceptors (Lipinski definition) is 9. The summed E-state index contributed by atoms with van der Waals surface area (Å²) in [6.45, 7) is 3.01. The molecule has 1 aliphatic rings. The second kappa shape index (κ2) is 12.4. The smallest absolute Gasteiger partial charge is 0.248 e. The number of pyridine rings is 1. The zero-order valence-electron chi connectivity index (χ0n) is 20.9. The third-order valence-corrected chi connectivity index (χ3v) is 6.89. The summed E-state index contributed by atoms with van der Waals surface area (Å²) in [7, 11) is 2.91. The van der Waals surface area contributed by atoms with E-state index in [2.05, 4.69) is 15.2 Å². The summed E-state index contributed by atoms with van der Waals surface area (Å²) >= 11 is 0. The van der Waals surface area contributed by atoms with Gasteiger partial charge >= 0.3 is 0 Å². The predicted octanol–water partition coefficient (Wildman–Crippen LogP) is 2.39. The average Bonchev–Trinajstić information content (AvgIpc) is 2.87. The molecule has 0 aliphatic carbocycles. The standard InChI is InChI=1S/C25H32N4O6S/c1-28-12-14-29(15-13-28)24(30)9-11-26-25-22(34-3)8-6-20(27-25)18-36(31,32)16-10-19-5-7-21(33-2)17-23(19)35-4/h5-11,16-17H,12-15,18H2,1-4H3,(H,26,27)/b11-9-,16-10+. The Morgan fingerprint density at radius 2 is 1.75 bits per heavy atom. The number of hydrogen-bond donors (Lipinski definition) is 1. The van der Waals surface area contributed by atoms with Gasteiger partial charge in [0.15, 0.2) is 21.4 Å². The zero-order chi connectivity index (χ0) is 26.1. The number of sulfone groups is 1. The lowest BCUT2D eigenvalue weighted by Gasteiger charge is -2.31. The van der Waals surface area contributed by atoms with Crippen LogP contribution in [0, 0.1) is 0 Å². The first-order valence-corrected chi connectivity index (χ1v) is 13.0. The maximum absolute atomic E-state index is 12.8. The maximum Gasteiger partial charge on any atom is 0.248 e. The highest BCUT2D eigenvalue weighted by molar-refractivity contribution is 7.93. The fraction of sp³-hybridized carbons (Fsp3) is 0.360. The van der Waals surface area contributed by atoms with Crippen molar-refractivity contribution in [3.05, 3.63) is 59.3 Å². The van der Waals surface area contributed by atoms with Crippen molar-refractivity contribution in [1.29, 1.82) is 0 Å². The van der Waals surface area contributed by atoms with Crippen molar-refractivity contribution in [3.8, 4) is 17.2 Å². The summed E-state index contributed by atoms with van der Waals surface area (Å²) in [5.41, 5.74) is 0.922. The monoisotopic (exact) mass is 516 g/mol. The minimum Gasteiger partial charge on any atom is -0.497 e. The van der Waals surface area contributed by atoms with Crippen molar-refractivity contribution >= 4 is 27.6 Å². The van der Waals surface area contributed by atoms with E-state index in [0.717, 1.165) is 18.5 Å². The largest absolute Gasteiger partial charge is 0.497 e. The molecule has 1 saturated heterocycles. The molecular weight excluding hydrogens is 484 g/mol. The van der Waals surface area contributed by atoms with Crippen LogP contribution in [0.5, 0.6) is 17.2 Å². The molecular formula is C25H32N4O6S. The van der Waals surface area contributed by atoms with Crippen molar-refractivity contribution in [2.45, 2.75) is 5.75 Å². The molecule has 1 N–H and O–H groups in total. The van der Waals surface area contributed by atoms with E-state index in [9.17, 15) is 13.2 Å². The summed E-state index contributed by atoms with van der Waals surface area (Å²) < 4.78 is 41.3. The number of rotatable bonds is 10. The molecule has 36 heavy (non-hydrogen) atoms. The third kappa shape index (κ3) is 7.46. The molecule has 0 radical (unpaired) electrons. The molecule has 0 saturated carbocycles. The number of benzene rings is 1. The van der Waals surface area contributed by atoms with E-state index < -0.39 is 9.84 Å². The minimum atomic E-state index is -3.64. The van der Waals surface area contributed by atoms with E-state index in [1.165, 1.54) is 32.6 Å². The Kier molecular flexibility index (Phi) is 9.31. The van der Waals surface area contributed by atoms with Gasteiger partial charge in [0.1, 0.15) is 11.5 Å². The Balaban J connectivity index is 1.69. The van der Waals surface area contributed by atoms with Gasteiger partial charge in [0.25, 0.3) is 0 Å². The highest BCUT2D eigenvalue weighted by Crippen LogP contribution is 2.27. The lowest BCUT2D eigenvalue weighted by atomic mass is 10.2. The number of piperazine rings is 1. The summed E-state index contributed by atoms with van der Waals surface area (Å²) in [4.78, 5) is 20.7. The average molecular weight is 517 g/mol. The first kappa shape index (κ1) is 27.0. The Bertz CT molecular complexity index is 1220. The van der Waals surface area contributed by atoms with Gasteiger partial charge in [-0.15, -0.1) is 0 Å². The van der Waals surface area contributed by atoms with Crippen LogP contribution in [0.3, 0.4) is 0 Å². The van der Waals surface area contributed by atoms with Crippen LogP contribution in [-0.2, 0) is 20.4 Å². The van der Waals surface area contributed by atoms with Gasteiger partial charge in [0, 0.05) is 55.5 Å². The van der Waals surface area contributed by atoms with E-state index in [-0.39, 0.29) is 11.7 Å². The molecule has 0 bridgehead atoms. The van der Waals surface area contributed by atoms with Crippen LogP contribution < -0.4 is 19.5 Å². The lowest BCUT2D eigenvalue weighted by Crippen LogP contribution is -2.46. The molecule has 3 rings (SSSR count). The van der Waals surface area contributed by atoms with Gasteiger partial charge in [-0.05, 0) is 37.4 Å². The normalized spacial score (nSPS) is 14.8. The van der Waals surface area contributed by atoms with Gasteiger partial charge in [-0.3, -0.25) is 4.79 Å². The molecule has 1 fully saturated rings. The quantitative estimate of drug-likeness (QED) is 0.476. The van der Waals surface area contributed by atoms with Gasteiger partial charge in [-0.2, -0.15) is 0 Å². The van der Waals surface area contributed by atoms with E-state index in [4.69, 9.17) is 14.2 Å². The highest BCUT2D eigenvalue weighted by Gasteiger charge is 2.17. The van der Waals surface area contributed by atoms with Gasteiger partial charge in [0.2, 0.25) is 5.91 Å². The van der Waals surface area contributed by atoms with Crippen LogP contribution in [0.15, 0.2) is 48.0 Å². The summed E-state index contributed by atoms with van der Waals surface area (Å²) in [6.07, 6.45) is 4.39. The number of likely N-dealkylation sites (N-methyl/N-ethyl adjacent to an activating group) is 1. The third-order valence-electron chi connectivity index (χ3n) is 5.64. The number of ether oxygens (including phenoxy) is 3. The molecule has 194 valence electrons. The van der Waals surface area contributed by atoms with Gasteiger partial charge in [-0.25, -0.2) is 13.4 Å². The second-order valence-electron chi connectivity index (χ2n) is 8.18. The molecule has 0 spiro atoms. The topological polar surface area (TPSA) is 110 Å². The van der Waals surface area contributed by atoms with Gasteiger partial charge in [0.05, 0.1) is 32.8 Å². The molecule has 0 unspecified atom stereocenters. The predicted molar refractivity (Wildman–Crippen MR) is 139 cm³/mol. The Morgan fingerprint density at radius 1 is 1.03 bits per heavy atom. The fourth-order valence-corrected chi connectivity index (χ4v) is 4.57. The summed E-state index contributed by atoms with van der Waals surface area (Å²) in [6, 6.07) is 8.33. The first-order chi connectivity index (χ1) is 17.2. The number of carbonyl (C=O) groups excluding carboxylic acids is 1. The number of nitrogens with one attached hydrogen (secondary N) is 1. The molecule has 11 heteroatoms. The summed E-state index contributed by atoms with van der Waals surface area (Å²) in [5, 5.41) is 4.07. The number of carbonyl (C=O) groups is 1. The molecule has 1 aromatic heterocycles. The van der Waals surface area contributed by atoms with Crippen molar-refractivity contribution < 1.29 is 27.4 Å². The first-order valence-electron chi connectivity index (χ1n) is 11.3. The number of methoxy groups -OCH3 is 3. The number of nitrogens with zero attached hydrogens (tertiary/aromatic N) is 3. The molecule has 10 nitrogen and oxygen atoms in total. The van der Waals surface area contributed by atoms with E-state index >= 15 is 0 Å². The van der Waals surface area contributed by atoms with E-state index in [0.29, 0.717) is 47.4 Å². The lowest BCUT2D eigenvalue weighted by molar-refractivity contribution is -0.127. The molecule has 0 atom stereocenters. The maximum atomic E-state index is 12.8. The molecule has 2 aromatic rings. The Labute approximate surface area is 212 Å². The highest BCUT2D eigenvalue weighted by atomic mass is 32.2. The zero-order valence-corrected chi connectivity index (χ0v) is 21.7. The van der Waals surface area contributed by atoms with Crippen LogP contribution in [0.4, 0.5) is 5.82 Å². The van der Waals surface area contributed by atoms with Crippen LogP contribution in [0.2, 0.25) is 0 Å². The fourth-order valence-electron chi connectivity index (χ4n) is 3.55. The molecule has 1 aromatic carbocycles. The number of anilines is 1. The van der Waals surface area contributed by atoms with Crippen LogP contribution in [0.25, 0.3) is 6.08 Å². The number of amides is 1. The van der Waals surface area contributed by atoms with Gasteiger partial charge in [-0.1, -0.05) is 0 Å². The SMILES string of the molecule is COc1ccc(/C=C/S(=O)(=O)Cc2ccc(OC)c(N/C=C\C(=O)N3CCN(C)CC3)n2)c(OC)c1. The summed E-state index contributed by atoms with van der Waals surface area (Å²) in [5.74, 6) is 1.42. The van der Waals surface area contributed by atoms with Crippen LogP contribution in [0.1, 0.15) is 11.3 Å². The Hall–Kier alpha value is -3.57. The Morgan fingerprint density at radius 3 is 2.42 bits per heavy atom. The van der Waals surface area contributed by atoms with Crippen molar-refractivity contribution in [2.24, 2.45) is 0 Å².